The molecule has 0 bridgehead atoms. The van der Waals surface area contributed by atoms with Crippen molar-refractivity contribution in [3.8, 4) is 11.5 Å². The number of para-hydroxylation sites is 3. The average Bonchev–Trinajstić information content (AvgIpc) is 2.72. The summed E-state index contributed by atoms with van der Waals surface area (Å²) in [7, 11) is 0. The van der Waals surface area contributed by atoms with Gasteiger partial charge in [-0.05, 0) is 43.3 Å². The van der Waals surface area contributed by atoms with E-state index in [0.29, 0.717) is 19.0 Å². The van der Waals surface area contributed by atoms with E-state index in [1.165, 1.54) is 0 Å². The molecule has 3 aromatic rings. The molecule has 28 heavy (non-hydrogen) atoms. The van der Waals surface area contributed by atoms with Crippen molar-refractivity contribution in [2.45, 2.75) is 13.3 Å². The number of carbonyl (C=O) groups is 1. The zero-order valence-electron chi connectivity index (χ0n) is 15.7. The molecule has 3 rings (SSSR count). The Labute approximate surface area is 164 Å². The van der Waals surface area contributed by atoms with Gasteiger partial charge in [-0.3, -0.25) is 4.79 Å². The molecule has 6 nitrogen and oxygen atoms in total. The molecule has 1 aromatic heterocycles. The average molecular weight is 377 g/mol. The first kappa shape index (κ1) is 19.2. The van der Waals surface area contributed by atoms with Crippen LogP contribution in [0, 0.1) is 0 Å². The van der Waals surface area contributed by atoms with Gasteiger partial charge >= 0.3 is 0 Å². The number of amides is 1. The van der Waals surface area contributed by atoms with Crippen LogP contribution in [0.5, 0.6) is 11.5 Å². The monoisotopic (exact) mass is 377 g/mol. The van der Waals surface area contributed by atoms with E-state index in [1.807, 2.05) is 67.6 Å². The summed E-state index contributed by atoms with van der Waals surface area (Å²) < 4.78 is 11.1. The third-order valence-electron chi connectivity index (χ3n) is 3.84. The number of pyridine rings is 1. The third kappa shape index (κ3) is 5.74. The van der Waals surface area contributed by atoms with Crippen LogP contribution in [0.3, 0.4) is 0 Å². The van der Waals surface area contributed by atoms with Gasteiger partial charge in [-0.15, -0.1) is 0 Å². The zero-order valence-corrected chi connectivity index (χ0v) is 15.7. The fourth-order valence-corrected chi connectivity index (χ4v) is 2.53. The van der Waals surface area contributed by atoms with Crippen molar-refractivity contribution < 1.29 is 14.3 Å². The van der Waals surface area contributed by atoms with Gasteiger partial charge in [-0.1, -0.05) is 30.3 Å². The number of carbonyl (C=O) groups excluding carboxylic acids is 1. The zero-order chi connectivity index (χ0) is 19.6. The van der Waals surface area contributed by atoms with Crippen molar-refractivity contribution in [2.24, 2.45) is 0 Å². The van der Waals surface area contributed by atoms with Crippen molar-refractivity contribution in [1.29, 1.82) is 0 Å². The standard InChI is InChI=1S/C22H23N3O3/c1-2-27-20-11-7-6-10-19(20)24-17-12-13-21(23-16-17)25-22(26)14-15-28-18-8-4-3-5-9-18/h3-13,16,24H,2,14-15H2,1H3,(H,23,25,26). The summed E-state index contributed by atoms with van der Waals surface area (Å²) in [5, 5.41) is 6.04. The summed E-state index contributed by atoms with van der Waals surface area (Å²) in [5.74, 6) is 1.87. The van der Waals surface area contributed by atoms with E-state index in [2.05, 4.69) is 15.6 Å². The molecule has 0 saturated heterocycles. The number of rotatable bonds is 9. The van der Waals surface area contributed by atoms with Crippen LogP contribution in [-0.4, -0.2) is 24.1 Å². The number of benzene rings is 2. The van der Waals surface area contributed by atoms with E-state index in [4.69, 9.17) is 9.47 Å². The normalized spacial score (nSPS) is 10.2. The Bertz CT molecular complexity index is 883. The van der Waals surface area contributed by atoms with Crippen LogP contribution in [-0.2, 0) is 4.79 Å². The molecule has 144 valence electrons. The van der Waals surface area contributed by atoms with Crippen LogP contribution in [0.15, 0.2) is 72.9 Å². The van der Waals surface area contributed by atoms with Crippen molar-refractivity contribution >= 4 is 23.1 Å². The van der Waals surface area contributed by atoms with Gasteiger partial charge in [0.25, 0.3) is 0 Å². The van der Waals surface area contributed by atoms with Gasteiger partial charge in [0.15, 0.2) is 0 Å². The molecule has 0 aliphatic heterocycles. The number of anilines is 3. The van der Waals surface area contributed by atoms with Crippen LogP contribution >= 0.6 is 0 Å². The minimum atomic E-state index is -0.147. The summed E-state index contributed by atoms with van der Waals surface area (Å²) in [6.07, 6.45) is 1.91. The quantitative estimate of drug-likeness (QED) is 0.569. The largest absolute Gasteiger partial charge is 0.493 e. The van der Waals surface area contributed by atoms with E-state index in [9.17, 15) is 4.79 Å². The molecule has 6 heteroatoms. The fourth-order valence-electron chi connectivity index (χ4n) is 2.53. The van der Waals surface area contributed by atoms with Crippen molar-refractivity contribution in [3.05, 3.63) is 72.9 Å². The van der Waals surface area contributed by atoms with Crippen molar-refractivity contribution in [1.82, 2.24) is 4.98 Å². The highest BCUT2D eigenvalue weighted by Crippen LogP contribution is 2.27. The molecule has 1 amide bonds. The van der Waals surface area contributed by atoms with Gasteiger partial charge in [-0.25, -0.2) is 4.98 Å². The van der Waals surface area contributed by atoms with Crippen molar-refractivity contribution in [2.75, 3.05) is 23.8 Å². The Hall–Kier alpha value is -3.54. The fraction of sp³-hybridized carbons (Fsp3) is 0.182. The number of hydrogen-bond donors (Lipinski definition) is 2. The van der Waals surface area contributed by atoms with E-state index in [0.717, 1.165) is 22.9 Å². The number of ether oxygens (including phenoxy) is 2. The van der Waals surface area contributed by atoms with Crippen LogP contribution in [0.1, 0.15) is 13.3 Å². The molecule has 0 aliphatic carbocycles. The Morgan fingerprint density at radius 2 is 1.75 bits per heavy atom. The second kappa shape index (κ2) is 9.97. The van der Waals surface area contributed by atoms with E-state index >= 15 is 0 Å². The number of nitrogens with zero attached hydrogens (tertiary/aromatic N) is 1. The summed E-state index contributed by atoms with van der Waals surface area (Å²) >= 11 is 0. The second-order valence-corrected chi connectivity index (χ2v) is 5.95. The highest BCUT2D eigenvalue weighted by Gasteiger charge is 2.06. The number of nitrogens with one attached hydrogen (secondary N) is 2. The minimum Gasteiger partial charge on any atom is -0.493 e. The molecule has 0 saturated carbocycles. The first-order chi connectivity index (χ1) is 13.7. The van der Waals surface area contributed by atoms with Gasteiger partial charge in [0.1, 0.15) is 17.3 Å². The smallest absolute Gasteiger partial charge is 0.228 e. The van der Waals surface area contributed by atoms with Crippen LogP contribution in [0.2, 0.25) is 0 Å². The van der Waals surface area contributed by atoms with Crippen LogP contribution in [0.25, 0.3) is 0 Å². The van der Waals surface area contributed by atoms with Gasteiger partial charge < -0.3 is 20.1 Å². The summed E-state index contributed by atoms with van der Waals surface area (Å²) in [6.45, 7) is 2.85. The lowest BCUT2D eigenvalue weighted by molar-refractivity contribution is -0.116. The third-order valence-corrected chi connectivity index (χ3v) is 3.84. The second-order valence-electron chi connectivity index (χ2n) is 5.95. The molecule has 1 heterocycles. The predicted molar refractivity (Wildman–Crippen MR) is 110 cm³/mol. The Balaban J connectivity index is 1.49. The molecular formula is C22H23N3O3. The molecule has 2 N–H and O–H groups in total. The molecule has 0 unspecified atom stereocenters. The maximum atomic E-state index is 12.0. The minimum absolute atomic E-state index is 0.147. The molecular weight excluding hydrogens is 354 g/mol. The van der Waals surface area contributed by atoms with E-state index in [1.54, 1.807) is 12.3 Å². The maximum absolute atomic E-state index is 12.0. The Morgan fingerprint density at radius 1 is 0.964 bits per heavy atom. The van der Waals surface area contributed by atoms with Crippen LogP contribution < -0.4 is 20.1 Å². The molecule has 2 aromatic carbocycles. The summed E-state index contributed by atoms with van der Waals surface area (Å²) in [4.78, 5) is 16.3. The van der Waals surface area contributed by atoms with E-state index in [-0.39, 0.29) is 12.3 Å². The lowest BCUT2D eigenvalue weighted by Crippen LogP contribution is -2.16. The molecule has 0 spiro atoms. The van der Waals surface area contributed by atoms with Gasteiger partial charge in [-0.2, -0.15) is 0 Å². The molecule has 0 aliphatic rings. The topological polar surface area (TPSA) is 72.5 Å². The lowest BCUT2D eigenvalue weighted by atomic mass is 10.2. The van der Waals surface area contributed by atoms with Gasteiger partial charge in [0, 0.05) is 0 Å². The Kier molecular flexibility index (Phi) is 6.84. The van der Waals surface area contributed by atoms with Gasteiger partial charge in [0.05, 0.1) is 37.2 Å². The lowest BCUT2D eigenvalue weighted by Gasteiger charge is -2.12. The Morgan fingerprint density at radius 3 is 2.50 bits per heavy atom. The SMILES string of the molecule is CCOc1ccccc1Nc1ccc(NC(=O)CCOc2ccccc2)nc1. The van der Waals surface area contributed by atoms with Crippen LogP contribution in [0.4, 0.5) is 17.2 Å². The summed E-state index contributed by atoms with van der Waals surface area (Å²) in [5.41, 5.74) is 1.67. The van der Waals surface area contributed by atoms with E-state index < -0.39 is 0 Å². The maximum Gasteiger partial charge on any atom is 0.228 e. The molecule has 0 radical (unpaired) electrons. The highest BCUT2D eigenvalue weighted by atomic mass is 16.5. The van der Waals surface area contributed by atoms with Gasteiger partial charge in [0.2, 0.25) is 5.91 Å². The molecule has 0 atom stereocenters. The number of aromatic nitrogens is 1. The summed E-state index contributed by atoms with van der Waals surface area (Å²) in [6, 6.07) is 20.7. The number of hydrogen-bond acceptors (Lipinski definition) is 5. The predicted octanol–water partition coefficient (Wildman–Crippen LogP) is 4.63. The highest BCUT2D eigenvalue weighted by molar-refractivity contribution is 5.89. The first-order valence-electron chi connectivity index (χ1n) is 9.17. The molecule has 0 fully saturated rings. The first-order valence-corrected chi connectivity index (χ1v) is 9.17. The van der Waals surface area contributed by atoms with Crippen molar-refractivity contribution in [3.63, 3.8) is 0 Å².